The number of nitrogens with one attached hydrogen (secondary N) is 1. The van der Waals surface area contributed by atoms with Gasteiger partial charge in [-0.15, -0.1) is 0 Å². The number of hydrogen-bond donors (Lipinski definition) is 1. The lowest BCUT2D eigenvalue weighted by molar-refractivity contribution is 0.259. The van der Waals surface area contributed by atoms with Crippen LogP contribution in [0.4, 0.5) is 0 Å². The maximum atomic E-state index is 3.63. The summed E-state index contributed by atoms with van der Waals surface area (Å²) in [6.45, 7) is 10.1. The van der Waals surface area contributed by atoms with E-state index in [1.807, 2.05) is 0 Å². The molecule has 0 radical (unpaired) electrons. The fourth-order valence-corrected chi connectivity index (χ4v) is 1.97. The molecule has 0 saturated carbocycles. The van der Waals surface area contributed by atoms with Crippen molar-refractivity contribution in [1.29, 1.82) is 0 Å². The SMILES string of the molecule is CCC(NCc1ccn(C)c1)C(C)(C)C. The Labute approximate surface area is 93.7 Å². The van der Waals surface area contributed by atoms with E-state index in [9.17, 15) is 0 Å². The number of aromatic nitrogens is 1. The molecular formula is C13H24N2. The highest BCUT2D eigenvalue weighted by Gasteiger charge is 2.21. The number of hydrogen-bond acceptors (Lipinski definition) is 1. The van der Waals surface area contributed by atoms with Crippen LogP contribution in [0.15, 0.2) is 18.5 Å². The van der Waals surface area contributed by atoms with Gasteiger partial charge in [-0.25, -0.2) is 0 Å². The predicted octanol–water partition coefficient (Wildman–Crippen LogP) is 2.94. The summed E-state index contributed by atoms with van der Waals surface area (Å²) in [5, 5.41) is 3.63. The van der Waals surface area contributed by atoms with Crippen LogP contribution >= 0.6 is 0 Å². The lowest BCUT2D eigenvalue weighted by atomic mass is 9.85. The van der Waals surface area contributed by atoms with Gasteiger partial charge in [0.2, 0.25) is 0 Å². The summed E-state index contributed by atoms with van der Waals surface area (Å²) >= 11 is 0. The molecule has 0 fully saturated rings. The summed E-state index contributed by atoms with van der Waals surface area (Å²) in [5.74, 6) is 0. The van der Waals surface area contributed by atoms with Crippen molar-refractivity contribution in [3.8, 4) is 0 Å². The molecule has 1 heterocycles. The van der Waals surface area contributed by atoms with Crippen LogP contribution < -0.4 is 5.32 Å². The third kappa shape index (κ3) is 3.71. The standard InChI is InChI=1S/C13H24N2/c1-6-12(13(2,3)4)14-9-11-7-8-15(5)10-11/h7-8,10,12,14H,6,9H2,1-5H3. The molecule has 0 amide bonds. The van der Waals surface area contributed by atoms with Crippen LogP contribution in [0.2, 0.25) is 0 Å². The van der Waals surface area contributed by atoms with Gasteiger partial charge >= 0.3 is 0 Å². The van der Waals surface area contributed by atoms with Gasteiger partial charge < -0.3 is 9.88 Å². The van der Waals surface area contributed by atoms with Gasteiger partial charge in [0.1, 0.15) is 0 Å². The van der Waals surface area contributed by atoms with Crippen molar-refractivity contribution in [3.05, 3.63) is 24.0 Å². The van der Waals surface area contributed by atoms with E-state index in [0.29, 0.717) is 11.5 Å². The molecule has 2 nitrogen and oxygen atoms in total. The molecule has 1 N–H and O–H groups in total. The lowest BCUT2D eigenvalue weighted by Crippen LogP contribution is -2.39. The van der Waals surface area contributed by atoms with Crippen LogP contribution in [0, 0.1) is 5.41 Å². The second kappa shape index (κ2) is 4.84. The van der Waals surface area contributed by atoms with Crippen molar-refractivity contribution < 1.29 is 0 Å². The molecule has 1 aromatic heterocycles. The number of aryl methyl sites for hydroxylation is 1. The van der Waals surface area contributed by atoms with Crippen molar-refractivity contribution in [2.75, 3.05) is 0 Å². The Morgan fingerprint density at radius 3 is 2.47 bits per heavy atom. The normalized spacial score (nSPS) is 14.2. The smallest absolute Gasteiger partial charge is 0.0223 e. The van der Waals surface area contributed by atoms with Crippen LogP contribution in [0.3, 0.4) is 0 Å². The number of nitrogens with zero attached hydrogens (tertiary/aromatic N) is 1. The van der Waals surface area contributed by atoms with Gasteiger partial charge in [0.05, 0.1) is 0 Å². The van der Waals surface area contributed by atoms with E-state index in [4.69, 9.17) is 0 Å². The molecule has 0 saturated heterocycles. The topological polar surface area (TPSA) is 17.0 Å². The van der Waals surface area contributed by atoms with Crippen molar-refractivity contribution in [2.24, 2.45) is 12.5 Å². The average molecular weight is 208 g/mol. The maximum absolute atomic E-state index is 3.63. The molecule has 15 heavy (non-hydrogen) atoms. The van der Waals surface area contributed by atoms with E-state index in [1.54, 1.807) is 0 Å². The molecule has 2 heteroatoms. The Morgan fingerprint density at radius 2 is 2.07 bits per heavy atom. The molecule has 0 aromatic carbocycles. The molecule has 0 aliphatic rings. The zero-order valence-corrected chi connectivity index (χ0v) is 10.7. The van der Waals surface area contributed by atoms with Crippen LogP contribution in [0.1, 0.15) is 39.7 Å². The van der Waals surface area contributed by atoms with E-state index >= 15 is 0 Å². The Kier molecular flexibility index (Phi) is 3.97. The first-order chi connectivity index (χ1) is 6.93. The van der Waals surface area contributed by atoms with Crippen molar-refractivity contribution in [1.82, 2.24) is 9.88 Å². The van der Waals surface area contributed by atoms with Gasteiger partial charge in [-0.1, -0.05) is 27.7 Å². The highest BCUT2D eigenvalue weighted by atomic mass is 14.9. The van der Waals surface area contributed by atoms with E-state index in [-0.39, 0.29) is 0 Å². The molecular weight excluding hydrogens is 184 g/mol. The largest absolute Gasteiger partial charge is 0.357 e. The van der Waals surface area contributed by atoms with Crippen molar-refractivity contribution >= 4 is 0 Å². The Balaban J connectivity index is 2.48. The average Bonchev–Trinajstić information content (AvgIpc) is 2.50. The van der Waals surface area contributed by atoms with Crippen molar-refractivity contribution in [3.63, 3.8) is 0 Å². The Morgan fingerprint density at radius 1 is 1.40 bits per heavy atom. The molecule has 1 rings (SSSR count). The van der Waals surface area contributed by atoms with Crippen molar-refractivity contribution in [2.45, 2.75) is 46.7 Å². The summed E-state index contributed by atoms with van der Waals surface area (Å²) < 4.78 is 2.09. The van der Waals surface area contributed by atoms with Gasteiger partial charge in [-0.05, 0) is 23.5 Å². The zero-order valence-electron chi connectivity index (χ0n) is 10.7. The Hall–Kier alpha value is -0.760. The van der Waals surface area contributed by atoms with E-state index < -0.39 is 0 Å². The highest BCUT2D eigenvalue weighted by molar-refractivity contribution is 5.09. The predicted molar refractivity (Wildman–Crippen MR) is 65.8 cm³/mol. The summed E-state index contributed by atoms with van der Waals surface area (Å²) in [4.78, 5) is 0. The molecule has 1 aromatic rings. The summed E-state index contributed by atoms with van der Waals surface area (Å²) in [7, 11) is 2.06. The fraction of sp³-hybridized carbons (Fsp3) is 0.692. The fourth-order valence-electron chi connectivity index (χ4n) is 1.97. The van der Waals surface area contributed by atoms with Crippen LogP contribution in [-0.2, 0) is 13.6 Å². The molecule has 0 bridgehead atoms. The third-order valence-electron chi connectivity index (χ3n) is 2.90. The third-order valence-corrected chi connectivity index (χ3v) is 2.90. The number of rotatable bonds is 4. The minimum absolute atomic E-state index is 0.337. The molecule has 0 aliphatic carbocycles. The highest BCUT2D eigenvalue weighted by Crippen LogP contribution is 2.21. The molecule has 0 aliphatic heterocycles. The van der Waals surface area contributed by atoms with E-state index in [0.717, 1.165) is 6.54 Å². The van der Waals surface area contributed by atoms with Crippen LogP contribution in [0.5, 0.6) is 0 Å². The van der Waals surface area contributed by atoms with E-state index in [1.165, 1.54) is 12.0 Å². The Bertz CT molecular complexity index is 294. The van der Waals surface area contributed by atoms with Gasteiger partial charge in [0.15, 0.2) is 0 Å². The molecule has 0 spiro atoms. The monoisotopic (exact) mass is 208 g/mol. The minimum atomic E-state index is 0.337. The first-order valence-electron chi connectivity index (χ1n) is 5.77. The molecule has 86 valence electrons. The summed E-state index contributed by atoms with van der Waals surface area (Å²) in [5.41, 5.74) is 1.70. The van der Waals surface area contributed by atoms with Crippen LogP contribution in [-0.4, -0.2) is 10.6 Å². The lowest BCUT2D eigenvalue weighted by Gasteiger charge is -2.30. The van der Waals surface area contributed by atoms with Gasteiger partial charge in [-0.3, -0.25) is 0 Å². The van der Waals surface area contributed by atoms with Gasteiger partial charge in [0.25, 0.3) is 0 Å². The minimum Gasteiger partial charge on any atom is -0.357 e. The zero-order chi connectivity index (χ0) is 11.5. The second-order valence-electron chi connectivity index (χ2n) is 5.39. The first kappa shape index (κ1) is 12.3. The summed E-state index contributed by atoms with van der Waals surface area (Å²) in [6.07, 6.45) is 5.44. The quantitative estimate of drug-likeness (QED) is 0.805. The molecule has 1 atom stereocenters. The molecule has 1 unspecified atom stereocenters. The summed E-state index contributed by atoms with van der Waals surface area (Å²) in [6, 6.07) is 2.75. The second-order valence-corrected chi connectivity index (χ2v) is 5.39. The van der Waals surface area contributed by atoms with E-state index in [2.05, 4.69) is 63.1 Å². The first-order valence-corrected chi connectivity index (χ1v) is 5.77. The maximum Gasteiger partial charge on any atom is 0.0223 e. The van der Waals surface area contributed by atoms with Gasteiger partial charge in [-0.2, -0.15) is 0 Å². The van der Waals surface area contributed by atoms with Gasteiger partial charge in [0, 0.05) is 32.0 Å². The van der Waals surface area contributed by atoms with Crippen LogP contribution in [0.25, 0.3) is 0 Å².